The minimum atomic E-state index is -2.86. The predicted molar refractivity (Wildman–Crippen MR) is 98.2 cm³/mol. The molecule has 0 bridgehead atoms. The number of hydrogen-bond acceptors (Lipinski definition) is 4. The molecule has 0 spiro atoms. The monoisotopic (exact) mass is 394 g/mol. The van der Waals surface area contributed by atoms with Crippen LogP contribution in [0.3, 0.4) is 0 Å². The lowest BCUT2D eigenvalue weighted by Gasteiger charge is -2.27. The van der Waals surface area contributed by atoms with Crippen molar-refractivity contribution in [3.8, 4) is 5.75 Å². The van der Waals surface area contributed by atoms with Gasteiger partial charge in [0.2, 0.25) is 5.91 Å². The Balaban J connectivity index is 1.52. The molecule has 0 fully saturated rings. The Morgan fingerprint density at radius 1 is 1.30 bits per heavy atom. The SMILES string of the molecule is O=C(CCNC(=O)c1cccs1)NC1CCCc2cc(OC(F)F)ccc21. The van der Waals surface area contributed by atoms with E-state index in [1.54, 1.807) is 24.3 Å². The number of ether oxygens (including phenoxy) is 1. The van der Waals surface area contributed by atoms with Crippen LogP contribution >= 0.6 is 11.3 Å². The molecule has 2 amide bonds. The van der Waals surface area contributed by atoms with Gasteiger partial charge in [0.05, 0.1) is 10.9 Å². The summed E-state index contributed by atoms with van der Waals surface area (Å²) < 4.78 is 29.2. The van der Waals surface area contributed by atoms with Gasteiger partial charge in [-0.2, -0.15) is 8.78 Å². The Morgan fingerprint density at radius 3 is 2.89 bits per heavy atom. The van der Waals surface area contributed by atoms with Crippen LogP contribution in [0.15, 0.2) is 35.7 Å². The van der Waals surface area contributed by atoms with E-state index in [-0.39, 0.29) is 36.6 Å². The van der Waals surface area contributed by atoms with Gasteiger partial charge < -0.3 is 15.4 Å². The van der Waals surface area contributed by atoms with Gasteiger partial charge >= 0.3 is 6.61 Å². The van der Waals surface area contributed by atoms with Gasteiger partial charge in [-0.15, -0.1) is 11.3 Å². The average Bonchev–Trinajstić information content (AvgIpc) is 3.16. The molecule has 8 heteroatoms. The van der Waals surface area contributed by atoms with Gasteiger partial charge in [-0.25, -0.2) is 0 Å². The van der Waals surface area contributed by atoms with Crippen LogP contribution in [0, 0.1) is 0 Å². The average molecular weight is 394 g/mol. The van der Waals surface area contributed by atoms with Gasteiger partial charge in [-0.3, -0.25) is 9.59 Å². The number of carbonyl (C=O) groups excluding carboxylic acids is 2. The molecule has 1 unspecified atom stereocenters. The predicted octanol–water partition coefficient (Wildman–Crippen LogP) is 3.66. The van der Waals surface area contributed by atoms with E-state index in [1.165, 1.54) is 17.4 Å². The van der Waals surface area contributed by atoms with Gasteiger partial charge in [0.15, 0.2) is 0 Å². The maximum atomic E-state index is 12.4. The summed E-state index contributed by atoms with van der Waals surface area (Å²) in [6.45, 7) is -2.60. The number of rotatable bonds is 7. The number of amides is 2. The molecule has 27 heavy (non-hydrogen) atoms. The van der Waals surface area contributed by atoms with Crippen LogP contribution in [0.2, 0.25) is 0 Å². The highest BCUT2D eigenvalue weighted by Gasteiger charge is 2.22. The van der Waals surface area contributed by atoms with Crippen LogP contribution in [-0.2, 0) is 11.2 Å². The van der Waals surface area contributed by atoms with E-state index in [0.29, 0.717) is 4.88 Å². The topological polar surface area (TPSA) is 67.4 Å². The highest BCUT2D eigenvalue weighted by Crippen LogP contribution is 2.32. The molecule has 2 N–H and O–H groups in total. The molecule has 1 heterocycles. The Kier molecular flexibility index (Phi) is 6.39. The summed E-state index contributed by atoms with van der Waals surface area (Å²) in [6, 6.07) is 8.21. The first-order chi connectivity index (χ1) is 13.0. The molecule has 0 aliphatic heterocycles. The number of carbonyl (C=O) groups is 2. The first-order valence-corrected chi connectivity index (χ1v) is 9.59. The van der Waals surface area contributed by atoms with Gasteiger partial charge in [0, 0.05) is 13.0 Å². The Labute approximate surface area is 159 Å². The summed E-state index contributed by atoms with van der Waals surface area (Å²) in [5, 5.41) is 7.51. The molecule has 1 aromatic carbocycles. The Hall–Kier alpha value is -2.48. The highest BCUT2D eigenvalue weighted by atomic mass is 32.1. The normalized spacial score (nSPS) is 15.9. The molecule has 1 atom stereocenters. The smallest absolute Gasteiger partial charge is 0.387 e. The number of benzene rings is 1. The standard InChI is InChI=1S/C19H20F2N2O3S/c20-19(21)26-13-6-7-14-12(11-13)3-1-4-15(14)23-17(24)8-9-22-18(25)16-5-2-10-27-16/h2,5-7,10-11,15,19H,1,3-4,8-9H2,(H,22,25)(H,23,24). The quantitative estimate of drug-likeness (QED) is 0.753. The number of hydrogen-bond donors (Lipinski definition) is 2. The fourth-order valence-electron chi connectivity index (χ4n) is 3.17. The van der Waals surface area contributed by atoms with Gasteiger partial charge in [-0.1, -0.05) is 12.1 Å². The number of thiophene rings is 1. The summed E-state index contributed by atoms with van der Waals surface area (Å²) in [5.74, 6) is -0.216. The minimum absolute atomic E-state index is 0.131. The molecular weight excluding hydrogens is 374 g/mol. The number of fused-ring (bicyclic) bond motifs is 1. The summed E-state index contributed by atoms with van der Waals surface area (Å²) >= 11 is 1.35. The van der Waals surface area contributed by atoms with Crippen molar-refractivity contribution >= 4 is 23.2 Å². The molecule has 3 rings (SSSR count). The van der Waals surface area contributed by atoms with Crippen LogP contribution in [0.5, 0.6) is 5.75 Å². The fraction of sp³-hybridized carbons (Fsp3) is 0.368. The van der Waals surface area contributed by atoms with E-state index < -0.39 is 6.61 Å². The summed E-state index contributed by atoms with van der Waals surface area (Å²) in [6.07, 6.45) is 2.58. The van der Waals surface area contributed by atoms with Gasteiger partial charge in [0.25, 0.3) is 5.91 Å². The van der Waals surface area contributed by atoms with Crippen molar-refractivity contribution in [2.24, 2.45) is 0 Å². The molecular formula is C19H20F2N2O3S. The zero-order chi connectivity index (χ0) is 19.2. The van der Waals surface area contributed by atoms with Crippen LogP contribution in [-0.4, -0.2) is 25.0 Å². The maximum Gasteiger partial charge on any atom is 0.387 e. The third-order valence-electron chi connectivity index (χ3n) is 4.37. The van der Waals surface area contributed by atoms with E-state index in [1.807, 2.05) is 5.38 Å². The van der Waals surface area contributed by atoms with E-state index in [0.717, 1.165) is 30.4 Å². The van der Waals surface area contributed by atoms with E-state index in [9.17, 15) is 18.4 Å². The molecule has 5 nitrogen and oxygen atoms in total. The molecule has 2 aromatic rings. The largest absolute Gasteiger partial charge is 0.435 e. The minimum Gasteiger partial charge on any atom is -0.435 e. The zero-order valence-electron chi connectivity index (χ0n) is 14.5. The van der Waals surface area contributed by atoms with Crippen molar-refractivity contribution in [2.75, 3.05) is 6.54 Å². The van der Waals surface area contributed by atoms with Crippen LogP contribution < -0.4 is 15.4 Å². The second kappa shape index (κ2) is 8.94. The number of halogens is 2. The summed E-state index contributed by atoms with van der Waals surface area (Å²) in [7, 11) is 0. The van der Waals surface area contributed by atoms with E-state index in [2.05, 4.69) is 15.4 Å². The molecule has 1 aliphatic rings. The van der Waals surface area contributed by atoms with Crippen molar-refractivity contribution in [1.29, 1.82) is 0 Å². The van der Waals surface area contributed by atoms with Crippen LogP contribution in [0.25, 0.3) is 0 Å². The summed E-state index contributed by atoms with van der Waals surface area (Å²) in [4.78, 5) is 24.7. The third kappa shape index (κ3) is 5.26. The van der Waals surface area contributed by atoms with Crippen LogP contribution in [0.4, 0.5) is 8.78 Å². The lowest BCUT2D eigenvalue weighted by Crippen LogP contribution is -2.34. The Bertz CT molecular complexity index is 796. The van der Waals surface area contributed by atoms with Gasteiger partial charge in [0.1, 0.15) is 5.75 Å². The maximum absolute atomic E-state index is 12.4. The Morgan fingerprint density at radius 2 is 2.15 bits per heavy atom. The lowest BCUT2D eigenvalue weighted by molar-refractivity contribution is -0.121. The van der Waals surface area contributed by atoms with E-state index >= 15 is 0 Å². The first kappa shape index (κ1) is 19.3. The molecule has 1 aliphatic carbocycles. The molecule has 144 valence electrons. The van der Waals surface area contributed by atoms with E-state index in [4.69, 9.17) is 0 Å². The molecule has 0 saturated heterocycles. The van der Waals surface area contributed by atoms with Crippen molar-refractivity contribution in [3.05, 3.63) is 51.7 Å². The number of alkyl halides is 2. The van der Waals surface area contributed by atoms with Crippen LogP contribution in [0.1, 0.15) is 46.1 Å². The van der Waals surface area contributed by atoms with Crippen molar-refractivity contribution in [3.63, 3.8) is 0 Å². The fourth-order valence-corrected chi connectivity index (χ4v) is 3.81. The number of nitrogens with one attached hydrogen (secondary N) is 2. The second-order valence-electron chi connectivity index (χ2n) is 6.23. The highest BCUT2D eigenvalue weighted by molar-refractivity contribution is 7.12. The van der Waals surface area contributed by atoms with Crippen molar-refractivity contribution < 1.29 is 23.1 Å². The summed E-state index contributed by atoms with van der Waals surface area (Å²) in [5.41, 5.74) is 1.84. The first-order valence-electron chi connectivity index (χ1n) is 8.71. The lowest BCUT2D eigenvalue weighted by atomic mass is 9.87. The van der Waals surface area contributed by atoms with Crippen molar-refractivity contribution in [1.82, 2.24) is 10.6 Å². The second-order valence-corrected chi connectivity index (χ2v) is 7.18. The molecule has 1 aromatic heterocycles. The molecule has 0 saturated carbocycles. The molecule has 0 radical (unpaired) electrons. The van der Waals surface area contributed by atoms with Crippen molar-refractivity contribution in [2.45, 2.75) is 38.3 Å². The zero-order valence-corrected chi connectivity index (χ0v) is 15.4. The number of aryl methyl sites for hydroxylation is 1. The van der Waals surface area contributed by atoms with Gasteiger partial charge in [-0.05, 0) is 54.0 Å². The third-order valence-corrected chi connectivity index (χ3v) is 5.24.